The highest BCUT2D eigenvalue weighted by Crippen LogP contribution is 2.10. The largest absolute Gasteiger partial charge is 0.444 e. The lowest BCUT2D eigenvalue weighted by molar-refractivity contribution is 0.0549. The van der Waals surface area contributed by atoms with Gasteiger partial charge in [0.2, 0.25) is 0 Å². The minimum atomic E-state index is 0.223. The van der Waals surface area contributed by atoms with Crippen LogP contribution < -0.4 is 5.73 Å². The van der Waals surface area contributed by atoms with Crippen molar-refractivity contribution < 1.29 is 9.15 Å². The number of hydrogen-bond donors (Lipinski definition) is 1. The van der Waals surface area contributed by atoms with Crippen molar-refractivity contribution in [1.29, 1.82) is 0 Å². The molecular formula is C8H13NO2. The Labute approximate surface area is 66.1 Å². The summed E-state index contributed by atoms with van der Waals surface area (Å²) in [5, 5.41) is 0. The fourth-order valence-electron chi connectivity index (χ4n) is 0.721. The summed E-state index contributed by atoms with van der Waals surface area (Å²) in [7, 11) is 0. The van der Waals surface area contributed by atoms with Gasteiger partial charge in [-0.2, -0.15) is 0 Å². The zero-order chi connectivity index (χ0) is 8.27. The van der Waals surface area contributed by atoms with Crippen LogP contribution in [0.25, 0.3) is 0 Å². The average molecular weight is 155 g/mol. The third kappa shape index (κ3) is 2.63. The monoisotopic (exact) mass is 155 g/mol. The van der Waals surface area contributed by atoms with Gasteiger partial charge in [-0.15, -0.1) is 0 Å². The molecule has 1 aromatic heterocycles. The van der Waals surface area contributed by atoms with Crippen LogP contribution in [0, 0.1) is 0 Å². The maximum atomic E-state index is 5.36. The Kier molecular flexibility index (Phi) is 2.54. The highest BCUT2D eigenvalue weighted by Gasteiger charge is 1.99. The van der Waals surface area contributed by atoms with Crippen LogP contribution >= 0.6 is 0 Å². The minimum absolute atomic E-state index is 0.223. The van der Waals surface area contributed by atoms with Crippen LogP contribution in [0.1, 0.15) is 19.6 Å². The molecule has 0 saturated heterocycles. The fraction of sp³-hybridized carbons (Fsp3) is 0.500. The average Bonchev–Trinajstić information content (AvgIpc) is 2.31. The van der Waals surface area contributed by atoms with E-state index in [1.807, 2.05) is 19.9 Å². The highest BCUT2D eigenvalue weighted by atomic mass is 16.5. The summed E-state index contributed by atoms with van der Waals surface area (Å²) in [6.07, 6.45) is 0.223. The molecule has 62 valence electrons. The Morgan fingerprint density at radius 3 is 2.73 bits per heavy atom. The predicted molar refractivity (Wildman–Crippen MR) is 43.0 cm³/mol. The van der Waals surface area contributed by atoms with Gasteiger partial charge < -0.3 is 14.9 Å². The molecule has 0 aliphatic heterocycles. The Morgan fingerprint density at radius 2 is 2.27 bits per heavy atom. The number of nitrogen functional groups attached to an aromatic ring is 1. The van der Waals surface area contributed by atoms with Gasteiger partial charge in [0, 0.05) is 6.07 Å². The van der Waals surface area contributed by atoms with Crippen molar-refractivity contribution in [3.8, 4) is 0 Å². The van der Waals surface area contributed by atoms with Crippen LogP contribution in [-0.4, -0.2) is 6.10 Å². The summed E-state index contributed by atoms with van der Waals surface area (Å²) >= 11 is 0. The first-order chi connectivity index (χ1) is 5.18. The first kappa shape index (κ1) is 8.14. The number of anilines is 1. The lowest BCUT2D eigenvalue weighted by atomic mass is 10.4. The van der Waals surface area contributed by atoms with E-state index >= 15 is 0 Å². The summed E-state index contributed by atoms with van der Waals surface area (Å²) in [4.78, 5) is 0. The van der Waals surface area contributed by atoms with E-state index in [1.165, 1.54) is 0 Å². The zero-order valence-electron chi connectivity index (χ0n) is 6.83. The molecule has 0 saturated carbocycles. The number of rotatable bonds is 3. The smallest absolute Gasteiger partial charge is 0.190 e. The van der Waals surface area contributed by atoms with E-state index in [1.54, 1.807) is 6.07 Å². The van der Waals surface area contributed by atoms with Crippen molar-refractivity contribution in [2.24, 2.45) is 0 Å². The molecular weight excluding hydrogens is 142 g/mol. The van der Waals surface area contributed by atoms with Gasteiger partial charge >= 0.3 is 0 Å². The van der Waals surface area contributed by atoms with Crippen LogP contribution in [-0.2, 0) is 11.3 Å². The SMILES string of the molecule is CC(C)OCc1ccc(N)o1. The minimum Gasteiger partial charge on any atom is -0.444 e. The van der Waals surface area contributed by atoms with E-state index in [0.717, 1.165) is 5.76 Å². The second-order valence-corrected chi connectivity index (χ2v) is 2.66. The van der Waals surface area contributed by atoms with Crippen molar-refractivity contribution >= 4 is 5.88 Å². The number of furan rings is 1. The normalized spacial score (nSPS) is 10.8. The molecule has 0 aromatic carbocycles. The summed E-state index contributed by atoms with van der Waals surface area (Å²) in [5.41, 5.74) is 5.36. The van der Waals surface area contributed by atoms with Gasteiger partial charge in [-0.1, -0.05) is 0 Å². The van der Waals surface area contributed by atoms with Gasteiger partial charge in [0.1, 0.15) is 12.4 Å². The Morgan fingerprint density at radius 1 is 1.55 bits per heavy atom. The third-order valence-corrected chi connectivity index (χ3v) is 1.24. The van der Waals surface area contributed by atoms with Gasteiger partial charge in [-0.05, 0) is 19.9 Å². The van der Waals surface area contributed by atoms with Crippen molar-refractivity contribution in [3.05, 3.63) is 17.9 Å². The molecule has 0 spiro atoms. The first-order valence-corrected chi connectivity index (χ1v) is 3.64. The molecule has 1 rings (SSSR count). The molecule has 0 fully saturated rings. The lowest BCUT2D eigenvalue weighted by Crippen LogP contribution is -2.01. The van der Waals surface area contributed by atoms with Crippen LogP contribution in [0.3, 0.4) is 0 Å². The van der Waals surface area contributed by atoms with Crippen LogP contribution in [0.4, 0.5) is 5.88 Å². The molecule has 0 aliphatic rings. The zero-order valence-corrected chi connectivity index (χ0v) is 6.83. The van der Waals surface area contributed by atoms with Gasteiger partial charge in [-0.25, -0.2) is 0 Å². The summed E-state index contributed by atoms with van der Waals surface area (Å²) in [6, 6.07) is 3.54. The lowest BCUT2D eigenvalue weighted by Gasteiger charge is -2.03. The Bertz CT molecular complexity index is 218. The molecule has 11 heavy (non-hydrogen) atoms. The number of nitrogens with two attached hydrogens (primary N) is 1. The first-order valence-electron chi connectivity index (χ1n) is 3.64. The van der Waals surface area contributed by atoms with Crippen molar-refractivity contribution in [3.63, 3.8) is 0 Å². The molecule has 0 amide bonds. The van der Waals surface area contributed by atoms with E-state index in [9.17, 15) is 0 Å². The third-order valence-electron chi connectivity index (χ3n) is 1.24. The molecule has 0 bridgehead atoms. The van der Waals surface area contributed by atoms with Gasteiger partial charge in [0.05, 0.1) is 6.10 Å². The van der Waals surface area contributed by atoms with E-state index in [0.29, 0.717) is 12.5 Å². The van der Waals surface area contributed by atoms with E-state index < -0.39 is 0 Å². The molecule has 0 atom stereocenters. The van der Waals surface area contributed by atoms with Gasteiger partial charge in [0.25, 0.3) is 0 Å². The van der Waals surface area contributed by atoms with Crippen molar-refractivity contribution in [1.82, 2.24) is 0 Å². The molecule has 0 radical (unpaired) electrons. The predicted octanol–water partition coefficient (Wildman–Crippen LogP) is 1.79. The molecule has 2 N–H and O–H groups in total. The van der Waals surface area contributed by atoms with Gasteiger partial charge in [-0.3, -0.25) is 0 Å². The maximum Gasteiger partial charge on any atom is 0.190 e. The summed E-state index contributed by atoms with van der Waals surface area (Å²) in [5.74, 6) is 1.21. The van der Waals surface area contributed by atoms with Crippen molar-refractivity contribution in [2.45, 2.75) is 26.6 Å². The summed E-state index contributed by atoms with van der Waals surface area (Å²) < 4.78 is 10.4. The van der Waals surface area contributed by atoms with E-state index in [4.69, 9.17) is 14.9 Å². The van der Waals surface area contributed by atoms with Gasteiger partial charge in [0.15, 0.2) is 5.88 Å². The number of ether oxygens (including phenoxy) is 1. The van der Waals surface area contributed by atoms with Crippen LogP contribution in [0.15, 0.2) is 16.5 Å². The molecule has 3 nitrogen and oxygen atoms in total. The second kappa shape index (κ2) is 3.44. The molecule has 0 aliphatic carbocycles. The standard InChI is InChI=1S/C8H13NO2/c1-6(2)10-5-7-3-4-8(9)11-7/h3-4,6H,5,9H2,1-2H3. The number of hydrogen-bond acceptors (Lipinski definition) is 3. The topological polar surface area (TPSA) is 48.4 Å². The Balaban J connectivity index is 2.39. The second-order valence-electron chi connectivity index (χ2n) is 2.66. The summed E-state index contributed by atoms with van der Waals surface area (Å²) in [6.45, 7) is 4.45. The fourth-order valence-corrected chi connectivity index (χ4v) is 0.721. The van der Waals surface area contributed by atoms with Crippen LogP contribution in [0.2, 0.25) is 0 Å². The molecule has 0 unspecified atom stereocenters. The molecule has 1 aromatic rings. The molecule has 3 heteroatoms. The quantitative estimate of drug-likeness (QED) is 0.723. The van der Waals surface area contributed by atoms with Crippen molar-refractivity contribution in [2.75, 3.05) is 5.73 Å². The van der Waals surface area contributed by atoms with Crippen LogP contribution in [0.5, 0.6) is 0 Å². The van der Waals surface area contributed by atoms with E-state index in [2.05, 4.69) is 0 Å². The Hall–Kier alpha value is -0.960. The highest BCUT2D eigenvalue weighted by molar-refractivity contribution is 5.24. The maximum absolute atomic E-state index is 5.36. The van der Waals surface area contributed by atoms with E-state index in [-0.39, 0.29) is 6.10 Å². The molecule has 1 heterocycles.